The lowest BCUT2D eigenvalue weighted by Crippen LogP contribution is -2.48. The van der Waals surface area contributed by atoms with Crippen LogP contribution in [-0.4, -0.2) is 24.4 Å². The van der Waals surface area contributed by atoms with E-state index in [0.717, 1.165) is 30.7 Å². The maximum absolute atomic E-state index is 13.1. The van der Waals surface area contributed by atoms with Gasteiger partial charge in [-0.3, -0.25) is 9.59 Å². The normalized spacial score (nSPS) is 37.4. The number of halogens is 1. The maximum atomic E-state index is 13.1. The van der Waals surface area contributed by atoms with Gasteiger partial charge in [0.15, 0.2) is 0 Å². The molecule has 4 aliphatic carbocycles. The third kappa shape index (κ3) is 3.10. The molecule has 0 unspecified atom stereocenters. The summed E-state index contributed by atoms with van der Waals surface area (Å²) in [5, 5.41) is 3.36. The molecule has 6 rings (SSSR count). The van der Waals surface area contributed by atoms with Gasteiger partial charge in [-0.2, -0.15) is 0 Å². The summed E-state index contributed by atoms with van der Waals surface area (Å²) in [7, 11) is 0. The summed E-state index contributed by atoms with van der Waals surface area (Å²) >= 11 is 0. The van der Waals surface area contributed by atoms with Gasteiger partial charge < -0.3 is 5.32 Å². The molecule has 1 aromatic rings. The third-order valence-corrected chi connectivity index (χ3v) is 7.44. The molecule has 1 atom stereocenters. The van der Waals surface area contributed by atoms with Gasteiger partial charge in [-0.05, 0) is 98.9 Å². The molecular formula is C22H27FN2O2. The number of rotatable bonds is 5. The molecule has 27 heavy (non-hydrogen) atoms. The number of hydrogen-bond acceptors (Lipinski definition) is 3. The van der Waals surface area contributed by atoms with E-state index in [2.05, 4.69) is 5.32 Å². The molecule has 0 spiro atoms. The zero-order valence-corrected chi connectivity index (χ0v) is 15.6. The minimum absolute atomic E-state index is 0.192. The van der Waals surface area contributed by atoms with Crippen LogP contribution in [0.3, 0.4) is 0 Å². The average molecular weight is 370 g/mol. The molecule has 1 saturated heterocycles. The second kappa shape index (κ2) is 6.40. The molecule has 1 aliphatic heterocycles. The van der Waals surface area contributed by atoms with E-state index in [9.17, 15) is 14.0 Å². The summed E-state index contributed by atoms with van der Waals surface area (Å²) in [4.78, 5) is 26.2. The molecule has 4 nitrogen and oxygen atoms in total. The van der Waals surface area contributed by atoms with Crippen LogP contribution < -0.4 is 10.2 Å². The van der Waals surface area contributed by atoms with Crippen LogP contribution >= 0.6 is 0 Å². The van der Waals surface area contributed by atoms with Crippen molar-refractivity contribution in [3.8, 4) is 0 Å². The highest BCUT2D eigenvalue weighted by Crippen LogP contribution is 2.61. The van der Waals surface area contributed by atoms with E-state index in [1.165, 1.54) is 67.7 Å². The first-order chi connectivity index (χ1) is 13.0. The van der Waals surface area contributed by atoms with E-state index >= 15 is 0 Å². The van der Waals surface area contributed by atoms with Gasteiger partial charge in [-0.15, -0.1) is 0 Å². The minimum atomic E-state index is -0.448. The fraction of sp³-hybridized carbons (Fsp3) is 0.636. The Labute approximate surface area is 159 Å². The first-order valence-electron chi connectivity index (χ1n) is 10.4. The van der Waals surface area contributed by atoms with Crippen molar-refractivity contribution in [2.75, 3.05) is 11.4 Å². The fourth-order valence-electron chi connectivity index (χ4n) is 6.76. The number of anilines is 1. The molecule has 5 aliphatic rings. The maximum Gasteiger partial charge on any atom is 0.251 e. The van der Waals surface area contributed by atoms with Crippen molar-refractivity contribution in [1.82, 2.24) is 5.32 Å². The van der Waals surface area contributed by atoms with Gasteiger partial charge in [0.1, 0.15) is 5.82 Å². The van der Waals surface area contributed by atoms with Crippen molar-refractivity contribution in [3.63, 3.8) is 0 Å². The van der Waals surface area contributed by atoms with Gasteiger partial charge in [0.2, 0.25) is 5.91 Å². The number of amides is 2. The molecule has 2 amide bonds. The highest BCUT2D eigenvalue weighted by Gasteiger charge is 2.50. The van der Waals surface area contributed by atoms with Gasteiger partial charge in [0.25, 0.3) is 5.91 Å². The van der Waals surface area contributed by atoms with Gasteiger partial charge in [0, 0.05) is 0 Å². The summed E-state index contributed by atoms with van der Waals surface area (Å²) < 4.78 is 13.1. The van der Waals surface area contributed by atoms with Crippen LogP contribution in [0, 0.1) is 29.0 Å². The first kappa shape index (κ1) is 17.4. The number of hydrogen-bond donors (Lipinski definition) is 1. The van der Waals surface area contributed by atoms with E-state index in [1.54, 1.807) is 0 Å². The summed E-state index contributed by atoms with van der Waals surface area (Å²) in [6.45, 7) is 0.799. The fourth-order valence-corrected chi connectivity index (χ4v) is 6.76. The summed E-state index contributed by atoms with van der Waals surface area (Å²) in [6.07, 6.45) is 9.71. The number of nitrogens with one attached hydrogen (secondary N) is 1. The number of benzene rings is 1. The second-order valence-corrected chi connectivity index (χ2v) is 9.42. The summed E-state index contributed by atoms with van der Waals surface area (Å²) in [6, 6.07) is 5.09. The Kier molecular flexibility index (Phi) is 4.12. The Morgan fingerprint density at radius 1 is 1.00 bits per heavy atom. The number of carbonyl (C=O) groups excluding carboxylic acids is 2. The molecule has 4 saturated carbocycles. The van der Waals surface area contributed by atoms with Crippen molar-refractivity contribution in [1.29, 1.82) is 0 Å². The van der Waals surface area contributed by atoms with Crippen LogP contribution in [0.4, 0.5) is 10.1 Å². The standard InChI is InChI=1S/C22H27FN2O2/c23-17-1-3-18(4-2-17)25-20(26)10-19(21(25)27)24-6-5-22-11-14-7-15(12-22)9-16(8-14)13-22/h1-4,14-16,19,24H,5-13H2/t14?,15?,16?,19-,22?/m1/s1. The molecule has 1 N–H and O–H groups in total. The zero-order chi connectivity index (χ0) is 18.6. The first-order valence-corrected chi connectivity index (χ1v) is 10.4. The van der Waals surface area contributed by atoms with Gasteiger partial charge in [0.05, 0.1) is 18.2 Å². The quantitative estimate of drug-likeness (QED) is 0.805. The molecule has 1 aromatic carbocycles. The molecule has 144 valence electrons. The Hall–Kier alpha value is -1.75. The van der Waals surface area contributed by atoms with E-state index in [4.69, 9.17) is 0 Å². The molecule has 5 heteroatoms. The second-order valence-electron chi connectivity index (χ2n) is 9.42. The average Bonchev–Trinajstić information content (AvgIpc) is 2.88. The third-order valence-electron chi connectivity index (χ3n) is 7.44. The lowest BCUT2D eigenvalue weighted by atomic mass is 9.49. The smallest absolute Gasteiger partial charge is 0.251 e. The molecule has 4 bridgehead atoms. The minimum Gasteiger partial charge on any atom is -0.305 e. The summed E-state index contributed by atoms with van der Waals surface area (Å²) in [5.74, 6) is 2.00. The van der Waals surface area contributed by atoms with Gasteiger partial charge in [-0.25, -0.2) is 9.29 Å². The molecular weight excluding hydrogens is 343 g/mol. The monoisotopic (exact) mass is 370 g/mol. The highest BCUT2D eigenvalue weighted by molar-refractivity contribution is 6.22. The predicted molar refractivity (Wildman–Crippen MR) is 101 cm³/mol. The van der Waals surface area contributed by atoms with E-state index in [-0.39, 0.29) is 24.1 Å². The zero-order valence-electron chi connectivity index (χ0n) is 15.6. The van der Waals surface area contributed by atoms with Gasteiger partial charge in [-0.1, -0.05) is 0 Å². The Morgan fingerprint density at radius 3 is 2.19 bits per heavy atom. The SMILES string of the molecule is O=C1C[C@@H](NCCC23CC4CC(CC(C4)C2)C3)C(=O)N1c1ccc(F)cc1. The van der Waals surface area contributed by atoms with Crippen LogP contribution in [0.25, 0.3) is 0 Å². The van der Waals surface area contributed by atoms with Crippen LogP contribution in [0.1, 0.15) is 51.4 Å². The predicted octanol–water partition coefficient (Wildman–Crippen LogP) is 3.65. The topological polar surface area (TPSA) is 49.4 Å². The largest absolute Gasteiger partial charge is 0.305 e. The van der Waals surface area contributed by atoms with Gasteiger partial charge >= 0.3 is 0 Å². The highest BCUT2D eigenvalue weighted by atomic mass is 19.1. The molecule has 0 radical (unpaired) electrons. The van der Waals surface area contributed by atoms with Crippen LogP contribution in [0.2, 0.25) is 0 Å². The van der Waals surface area contributed by atoms with Crippen molar-refractivity contribution >= 4 is 17.5 Å². The number of nitrogens with zero attached hydrogens (tertiary/aromatic N) is 1. The van der Waals surface area contributed by atoms with Crippen LogP contribution in [0.15, 0.2) is 24.3 Å². The van der Waals surface area contributed by atoms with Crippen LogP contribution in [0.5, 0.6) is 0 Å². The Balaban J connectivity index is 1.20. The number of imide groups is 1. The van der Waals surface area contributed by atoms with E-state index in [0.29, 0.717) is 11.1 Å². The Bertz CT molecular complexity index is 725. The van der Waals surface area contributed by atoms with E-state index in [1.807, 2.05) is 0 Å². The van der Waals surface area contributed by atoms with Crippen molar-refractivity contribution in [2.24, 2.45) is 23.2 Å². The molecule has 1 heterocycles. The van der Waals surface area contributed by atoms with Crippen molar-refractivity contribution in [2.45, 2.75) is 57.4 Å². The lowest BCUT2D eigenvalue weighted by molar-refractivity contribution is -0.121. The molecule has 0 aromatic heterocycles. The lowest BCUT2D eigenvalue weighted by Gasteiger charge is -2.57. The number of carbonyl (C=O) groups is 2. The van der Waals surface area contributed by atoms with Crippen molar-refractivity contribution < 1.29 is 14.0 Å². The van der Waals surface area contributed by atoms with Crippen molar-refractivity contribution in [3.05, 3.63) is 30.1 Å². The molecule has 5 fully saturated rings. The summed E-state index contributed by atoms with van der Waals surface area (Å²) in [5.41, 5.74) is 0.932. The van der Waals surface area contributed by atoms with E-state index < -0.39 is 6.04 Å². The van der Waals surface area contributed by atoms with Crippen LogP contribution in [-0.2, 0) is 9.59 Å². The Morgan fingerprint density at radius 2 is 1.59 bits per heavy atom.